The van der Waals surface area contributed by atoms with Crippen molar-refractivity contribution in [3.63, 3.8) is 0 Å². The van der Waals surface area contributed by atoms with Crippen LogP contribution in [-0.2, 0) is 4.79 Å². The van der Waals surface area contributed by atoms with Gasteiger partial charge in [0.2, 0.25) is 0 Å². The van der Waals surface area contributed by atoms with Gasteiger partial charge in [-0.2, -0.15) is 0 Å². The summed E-state index contributed by atoms with van der Waals surface area (Å²) in [6.07, 6.45) is 2.30. The molecule has 0 aromatic heterocycles. The number of carbonyl (C=O) groups excluding carboxylic acids is 2. The molecule has 1 aromatic rings. The van der Waals surface area contributed by atoms with Gasteiger partial charge in [0.1, 0.15) is 5.70 Å². The molecule has 0 bridgehead atoms. The first-order valence-corrected chi connectivity index (χ1v) is 6.58. The zero-order valence-corrected chi connectivity index (χ0v) is 11.8. The van der Waals surface area contributed by atoms with E-state index in [0.717, 1.165) is 6.42 Å². The number of imide groups is 1. The van der Waals surface area contributed by atoms with E-state index in [0.29, 0.717) is 22.2 Å². The van der Waals surface area contributed by atoms with Gasteiger partial charge in [-0.1, -0.05) is 36.2 Å². The topological polar surface area (TPSA) is 49.4 Å². The first-order chi connectivity index (χ1) is 9.02. The van der Waals surface area contributed by atoms with E-state index in [1.54, 1.807) is 24.3 Å². The quantitative estimate of drug-likeness (QED) is 0.687. The summed E-state index contributed by atoms with van der Waals surface area (Å²) in [5, 5.41) is 3.39. The number of nitrogens with zero attached hydrogens (tertiary/aromatic N) is 1. The lowest BCUT2D eigenvalue weighted by atomic mass is 10.2. The fourth-order valence-electron chi connectivity index (χ4n) is 1.77. The Bertz CT molecular complexity index is 570. The predicted molar refractivity (Wildman–Crippen MR) is 75.0 cm³/mol. The maximum Gasteiger partial charge on any atom is 0.329 e. The Morgan fingerprint density at radius 1 is 1.26 bits per heavy atom. The lowest BCUT2D eigenvalue weighted by Gasteiger charge is -2.08. The van der Waals surface area contributed by atoms with Crippen LogP contribution in [0.2, 0.25) is 10.0 Å². The van der Waals surface area contributed by atoms with Crippen molar-refractivity contribution in [3.05, 3.63) is 39.5 Å². The third-order valence-electron chi connectivity index (χ3n) is 2.66. The molecule has 1 heterocycles. The average molecular weight is 299 g/mol. The maximum absolute atomic E-state index is 12.0. The molecule has 2 rings (SSSR count). The lowest BCUT2D eigenvalue weighted by Crippen LogP contribution is -2.31. The molecule has 1 aliphatic heterocycles. The number of urea groups is 1. The van der Waals surface area contributed by atoms with Crippen LogP contribution in [0.5, 0.6) is 0 Å². The van der Waals surface area contributed by atoms with Crippen LogP contribution < -0.4 is 5.32 Å². The van der Waals surface area contributed by atoms with Gasteiger partial charge in [-0.05, 0) is 30.2 Å². The van der Waals surface area contributed by atoms with E-state index in [1.165, 1.54) is 4.90 Å². The predicted octanol–water partition coefficient (Wildman–Crippen LogP) is 3.30. The minimum absolute atomic E-state index is 0.247. The Kier molecular flexibility index (Phi) is 4.12. The number of benzene rings is 1. The standard InChI is InChI=1S/C13H12Cl2N2O2/c1-2-5-17-12(18)11(16-13(17)19)7-8-3-4-9(14)10(15)6-8/h3-4,6-7H,2,5H2,1H3,(H,16,19)/b11-7+. The van der Waals surface area contributed by atoms with Crippen LogP contribution >= 0.6 is 23.2 Å². The number of hydrogen-bond donors (Lipinski definition) is 1. The van der Waals surface area contributed by atoms with Gasteiger partial charge in [0.25, 0.3) is 5.91 Å². The molecule has 1 saturated heterocycles. The van der Waals surface area contributed by atoms with E-state index in [4.69, 9.17) is 23.2 Å². The Morgan fingerprint density at radius 3 is 2.63 bits per heavy atom. The number of halogens is 2. The van der Waals surface area contributed by atoms with Gasteiger partial charge in [0.15, 0.2) is 0 Å². The Labute approximate surface area is 121 Å². The molecule has 0 aliphatic carbocycles. The van der Waals surface area contributed by atoms with Crippen molar-refractivity contribution in [2.45, 2.75) is 13.3 Å². The molecule has 1 N–H and O–H groups in total. The number of hydrogen-bond acceptors (Lipinski definition) is 2. The summed E-state index contributed by atoms with van der Waals surface area (Å²) >= 11 is 11.7. The summed E-state index contributed by atoms with van der Waals surface area (Å²) < 4.78 is 0. The zero-order chi connectivity index (χ0) is 14.0. The van der Waals surface area contributed by atoms with Crippen LogP contribution in [0.1, 0.15) is 18.9 Å². The molecule has 100 valence electrons. The second-order valence-electron chi connectivity index (χ2n) is 4.12. The first kappa shape index (κ1) is 13.9. The molecule has 4 nitrogen and oxygen atoms in total. The molecule has 0 radical (unpaired) electrons. The normalized spacial score (nSPS) is 17.2. The van der Waals surface area contributed by atoms with E-state index in [2.05, 4.69) is 5.32 Å². The van der Waals surface area contributed by atoms with Crippen molar-refractivity contribution in [1.82, 2.24) is 10.2 Å². The molecule has 0 atom stereocenters. The highest BCUT2D eigenvalue weighted by atomic mass is 35.5. The van der Waals surface area contributed by atoms with Gasteiger partial charge in [-0.25, -0.2) is 4.79 Å². The van der Waals surface area contributed by atoms with Crippen molar-refractivity contribution in [2.24, 2.45) is 0 Å². The number of amides is 3. The van der Waals surface area contributed by atoms with E-state index in [9.17, 15) is 9.59 Å². The summed E-state index contributed by atoms with van der Waals surface area (Å²) in [5.74, 6) is -0.321. The largest absolute Gasteiger partial charge is 0.329 e. The SMILES string of the molecule is CCCN1C(=O)N/C(=C/c2ccc(Cl)c(Cl)c2)C1=O. The Balaban J connectivity index is 2.27. The van der Waals surface area contributed by atoms with Gasteiger partial charge in [0, 0.05) is 6.54 Å². The molecule has 0 unspecified atom stereocenters. The number of nitrogens with one attached hydrogen (secondary N) is 1. The summed E-state index contributed by atoms with van der Waals surface area (Å²) in [7, 11) is 0. The Morgan fingerprint density at radius 2 is 2.00 bits per heavy atom. The highest BCUT2D eigenvalue weighted by molar-refractivity contribution is 6.42. The van der Waals surface area contributed by atoms with E-state index >= 15 is 0 Å². The number of carbonyl (C=O) groups is 2. The highest BCUT2D eigenvalue weighted by Gasteiger charge is 2.32. The maximum atomic E-state index is 12.0. The molecule has 3 amide bonds. The van der Waals surface area contributed by atoms with E-state index in [-0.39, 0.29) is 11.6 Å². The summed E-state index contributed by atoms with van der Waals surface area (Å²) in [6.45, 7) is 2.31. The van der Waals surface area contributed by atoms with Crippen molar-refractivity contribution < 1.29 is 9.59 Å². The number of rotatable bonds is 3. The van der Waals surface area contributed by atoms with Crippen LogP contribution in [0.25, 0.3) is 6.08 Å². The van der Waals surface area contributed by atoms with Gasteiger partial charge in [0.05, 0.1) is 10.0 Å². The summed E-state index contributed by atoms with van der Waals surface area (Å²) in [4.78, 5) is 24.8. The van der Waals surface area contributed by atoms with Gasteiger partial charge < -0.3 is 5.32 Å². The van der Waals surface area contributed by atoms with Crippen molar-refractivity contribution in [3.8, 4) is 0 Å². The fourth-order valence-corrected chi connectivity index (χ4v) is 2.07. The van der Waals surface area contributed by atoms with E-state index < -0.39 is 6.03 Å². The lowest BCUT2D eigenvalue weighted by molar-refractivity contribution is -0.122. The molecule has 1 aliphatic rings. The smallest absolute Gasteiger partial charge is 0.303 e. The van der Waals surface area contributed by atoms with Crippen molar-refractivity contribution in [2.75, 3.05) is 6.54 Å². The minimum atomic E-state index is -0.391. The zero-order valence-electron chi connectivity index (χ0n) is 10.2. The second kappa shape index (κ2) is 5.63. The monoisotopic (exact) mass is 298 g/mol. The molecule has 19 heavy (non-hydrogen) atoms. The van der Waals surface area contributed by atoms with Crippen molar-refractivity contribution in [1.29, 1.82) is 0 Å². The third-order valence-corrected chi connectivity index (χ3v) is 3.40. The molecule has 1 aromatic carbocycles. The van der Waals surface area contributed by atoms with Crippen LogP contribution in [0.3, 0.4) is 0 Å². The van der Waals surface area contributed by atoms with Gasteiger partial charge >= 0.3 is 6.03 Å². The molecular weight excluding hydrogens is 287 g/mol. The molecule has 1 fully saturated rings. The first-order valence-electron chi connectivity index (χ1n) is 5.82. The van der Waals surface area contributed by atoms with E-state index in [1.807, 2.05) is 6.92 Å². The van der Waals surface area contributed by atoms with Crippen LogP contribution in [0, 0.1) is 0 Å². The van der Waals surface area contributed by atoms with Crippen LogP contribution in [0.4, 0.5) is 4.79 Å². The van der Waals surface area contributed by atoms with Crippen molar-refractivity contribution >= 4 is 41.2 Å². The summed E-state index contributed by atoms with van der Waals surface area (Å²) in [5.41, 5.74) is 0.952. The second-order valence-corrected chi connectivity index (χ2v) is 4.93. The Hall–Kier alpha value is -1.52. The van der Waals surface area contributed by atoms with Crippen LogP contribution in [-0.4, -0.2) is 23.4 Å². The highest BCUT2D eigenvalue weighted by Crippen LogP contribution is 2.24. The molecule has 0 spiro atoms. The average Bonchev–Trinajstić information content (AvgIpc) is 2.62. The van der Waals surface area contributed by atoms with Crippen LogP contribution in [0.15, 0.2) is 23.9 Å². The molecule has 0 saturated carbocycles. The molecule has 6 heteroatoms. The third kappa shape index (κ3) is 2.91. The minimum Gasteiger partial charge on any atom is -0.303 e. The fraction of sp³-hybridized carbons (Fsp3) is 0.231. The van der Waals surface area contributed by atoms with Gasteiger partial charge in [-0.15, -0.1) is 0 Å². The molecular formula is C13H12Cl2N2O2. The van der Waals surface area contributed by atoms with Gasteiger partial charge in [-0.3, -0.25) is 9.69 Å². The summed E-state index contributed by atoms with van der Waals surface area (Å²) in [6, 6.07) is 4.61.